The molecule has 0 bridgehead atoms. The molecule has 17 heavy (non-hydrogen) atoms. The van der Waals surface area contributed by atoms with Crippen LogP contribution < -0.4 is 5.32 Å². The van der Waals surface area contributed by atoms with Gasteiger partial charge in [0.15, 0.2) is 0 Å². The zero-order valence-corrected chi connectivity index (χ0v) is 10.6. The molecule has 1 aliphatic heterocycles. The Bertz CT molecular complexity index is 348. The molecule has 1 aromatic rings. The van der Waals surface area contributed by atoms with Crippen molar-refractivity contribution in [2.75, 3.05) is 19.9 Å². The SMILES string of the molecule is Cc1ccccc1[C@H](C)NCC1CCOCO1. The van der Waals surface area contributed by atoms with Crippen LogP contribution >= 0.6 is 0 Å². The lowest BCUT2D eigenvalue weighted by Gasteiger charge is -2.25. The normalized spacial score (nSPS) is 22.4. The lowest BCUT2D eigenvalue weighted by molar-refractivity contribution is -0.137. The van der Waals surface area contributed by atoms with Gasteiger partial charge in [-0.3, -0.25) is 0 Å². The molecule has 1 aliphatic rings. The summed E-state index contributed by atoms with van der Waals surface area (Å²) in [6.07, 6.45) is 1.27. The molecule has 0 saturated carbocycles. The fourth-order valence-electron chi connectivity index (χ4n) is 2.15. The van der Waals surface area contributed by atoms with Crippen LogP contribution in [0.15, 0.2) is 24.3 Å². The van der Waals surface area contributed by atoms with E-state index in [0.29, 0.717) is 12.8 Å². The first-order valence-corrected chi connectivity index (χ1v) is 6.25. The van der Waals surface area contributed by atoms with Crippen molar-refractivity contribution >= 4 is 0 Å². The molecule has 0 radical (unpaired) electrons. The highest BCUT2D eigenvalue weighted by molar-refractivity contribution is 5.28. The Morgan fingerprint density at radius 3 is 2.94 bits per heavy atom. The molecule has 1 aromatic carbocycles. The topological polar surface area (TPSA) is 30.5 Å². The first-order chi connectivity index (χ1) is 8.27. The van der Waals surface area contributed by atoms with Crippen molar-refractivity contribution in [3.05, 3.63) is 35.4 Å². The Hall–Kier alpha value is -0.900. The molecule has 0 amide bonds. The number of hydrogen-bond acceptors (Lipinski definition) is 3. The summed E-state index contributed by atoms with van der Waals surface area (Å²) in [4.78, 5) is 0. The van der Waals surface area contributed by atoms with Crippen molar-refractivity contribution in [1.29, 1.82) is 0 Å². The lowest BCUT2D eigenvalue weighted by atomic mass is 10.0. The van der Waals surface area contributed by atoms with Gasteiger partial charge in [-0.2, -0.15) is 0 Å². The number of nitrogens with one attached hydrogen (secondary N) is 1. The van der Waals surface area contributed by atoms with Crippen molar-refractivity contribution in [1.82, 2.24) is 5.32 Å². The second-order valence-corrected chi connectivity index (χ2v) is 4.59. The summed E-state index contributed by atoms with van der Waals surface area (Å²) >= 11 is 0. The molecule has 1 fully saturated rings. The van der Waals surface area contributed by atoms with Crippen LogP contribution in [0.25, 0.3) is 0 Å². The summed E-state index contributed by atoms with van der Waals surface area (Å²) in [7, 11) is 0. The van der Waals surface area contributed by atoms with Crippen molar-refractivity contribution in [2.24, 2.45) is 0 Å². The van der Waals surface area contributed by atoms with E-state index in [4.69, 9.17) is 9.47 Å². The Morgan fingerprint density at radius 2 is 2.24 bits per heavy atom. The third-order valence-corrected chi connectivity index (χ3v) is 3.28. The minimum absolute atomic E-state index is 0.287. The summed E-state index contributed by atoms with van der Waals surface area (Å²) in [6.45, 7) is 6.48. The molecular weight excluding hydrogens is 214 g/mol. The molecule has 0 aromatic heterocycles. The summed E-state index contributed by atoms with van der Waals surface area (Å²) < 4.78 is 10.7. The third-order valence-electron chi connectivity index (χ3n) is 3.28. The van der Waals surface area contributed by atoms with E-state index in [0.717, 1.165) is 19.6 Å². The maximum atomic E-state index is 5.51. The molecule has 1 saturated heterocycles. The Kier molecular flexibility index (Phi) is 4.54. The molecule has 3 nitrogen and oxygen atoms in total. The van der Waals surface area contributed by atoms with Gasteiger partial charge < -0.3 is 14.8 Å². The zero-order chi connectivity index (χ0) is 12.1. The zero-order valence-electron chi connectivity index (χ0n) is 10.6. The first-order valence-electron chi connectivity index (χ1n) is 6.25. The Labute approximate surface area is 103 Å². The molecule has 94 valence electrons. The van der Waals surface area contributed by atoms with Crippen molar-refractivity contribution < 1.29 is 9.47 Å². The van der Waals surface area contributed by atoms with Gasteiger partial charge in [0.25, 0.3) is 0 Å². The standard InChI is InChI=1S/C14H21NO2/c1-11-5-3-4-6-14(11)12(2)15-9-13-7-8-16-10-17-13/h3-6,12-13,15H,7-10H2,1-2H3/t12-,13?/m0/s1. The second-order valence-electron chi connectivity index (χ2n) is 4.59. The summed E-state index contributed by atoms with van der Waals surface area (Å²) in [6, 6.07) is 8.86. The van der Waals surface area contributed by atoms with E-state index in [9.17, 15) is 0 Å². The number of aryl methyl sites for hydroxylation is 1. The summed E-state index contributed by atoms with van der Waals surface area (Å²) in [5, 5.41) is 3.53. The highest BCUT2D eigenvalue weighted by Crippen LogP contribution is 2.17. The predicted molar refractivity (Wildman–Crippen MR) is 67.9 cm³/mol. The van der Waals surface area contributed by atoms with Gasteiger partial charge in [-0.05, 0) is 31.4 Å². The fraction of sp³-hybridized carbons (Fsp3) is 0.571. The fourth-order valence-corrected chi connectivity index (χ4v) is 2.15. The minimum atomic E-state index is 0.287. The summed E-state index contributed by atoms with van der Waals surface area (Å²) in [5.74, 6) is 0. The van der Waals surface area contributed by atoms with Gasteiger partial charge in [-0.1, -0.05) is 24.3 Å². The second kappa shape index (κ2) is 6.15. The van der Waals surface area contributed by atoms with E-state index in [1.54, 1.807) is 0 Å². The van der Waals surface area contributed by atoms with Crippen LogP contribution in [0.5, 0.6) is 0 Å². The van der Waals surface area contributed by atoms with Gasteiger partial charge >= 0.3 is 0 Å². The molecule has 1 N–H and O–H groups in total. The van der Waals surface area contributed by atoms with Crippen LogP contribution in [0.4, 0.5) is 0 Å². The molecule has 2 rings (SSSR count). The van der Waals surface area contributed by atoms with Gasteiger partial charge in [0.2, 0.25) is 0 Å². The highest BCUT2D eigenvalue weighted by atomic mass is 16.7. The number of benzene rings is 1. The average Bonchev–Trinajstić information content (AvgIpc) is 2.38. The maximum Gasteiger partial charge on any atom is 0.147 e. The van der Waals surface area contributed by atoms with E-state index in [2.05, 4.69) is 43.4 Å². The average molecular weight is 235 g/mol. The van der Waals surface area contributed by atoms with E-state index in [1.807, 2.05) is 0 Å². The number of rotatable bonds is 4. The van der Waals surface area contributed by atoms with Crippen LogP contribution in [0, 0.1) is 6.92 Å². The molecule has 3 heteroatoms. The molecule has 0 aliphatic carbocycles. The molecule has 0 spiro atoms. The van der Waals surface area contributed by atoms with Gasteiger partial charge in [0.1, 0.15) is 6.79 Å². The van der Waals surface area contributed by atoms with Crippen LogP contribution in [0.1, 0.15) is 30.5 Å². The van der Waals surface area contributed by atoms with E-state index in [1.165, 1.54) is 11.1 Å². The van der Waals surface area contributed by atoms with Crippen molar-refractivity contribution in [3.8, 4) is 0 Å². The smallest absolute Gasteiger partial charge is 0.147 e. The van der Waals surface area contributed by atoms with E-state index >= 15 is 0 Å². The molecular formula is C14H21NO2. The molecule has 1 heterocycles. The number of ether oxygens (including phenoxy) is 2. The summed E-state index contributed by atoms with van der Waals surface area (Å²) in [5.41, 5.74) is 2.69. The van der Waals surface area contributed by atoms with Gasteiger partial charge in [0, 0.05) is 12.6 Å². The molecule has 1 unspecified atom stereocenters. The van der Waals surface area contributed by atoms with Crippen LogP contribution in [0.2, 0.25) is 0 Å². The van der Waals surface area contributed by atoms with Crippen LogP contribution in [-0.4, -0.2) is 26.0 Å². The van der Waals surface area contributed by atoms with Gasteiger partial charge in [-0.15, -0.1) is 0 Å². The maximum absolute atomic E-state index is 5.51. The lowest BCUT2D eigenvalue weighted by Crippen LogP contribution is -2.35. The van der Waals surface area contributed by atoms with Crippen molar-refractivity contribution in [2.45, 2.75) is 32.4 Å². The van der Waals surface area contributed by atoms with E-state index < -0.39 is 0 Å². The van der Waals surface area contributed by atoms with Crippen molar-refractivity contribution in [3.63, 3.8) is 0 Å². The predicted octanol–water partition coefficient (Wildman–Crippen LogP) is 2.41. The Morgan fingerprint density at radius 1 is 1.41 bits per heavy atom. The van der Waals surface area contributed by atoms with Crippen LogP contribution in [-0.2, 0) is 9.47 Å². The number of hydrogen-bond donors (Lipinski definition) is 1. The molecule has 2 atom stereocenters. The van der Waals surface area contributed by atoms with Gasteiger partial charge in [0.05, 0.1) is 12.7 Å². The Balaban J connectivity index is 1.84. The van der Waals surface area contributed by atoms with Crippen LogP contribution in [0.3, 0.4) is 0 Å². The monoisotopic (exact) mass is 235 g/mol. The first kappa shape index (κ1) is 12.6. The highest BCUT2D eigenvalue weighted by Gasteiger charge is 2.15. The van der Waals surface area contributed by atoms with E-state index in [-0.39, 0.29) is 6.10 Å². The minimum Gasteiger partial charge on any atom is -0.355 e. The van der Waals surface area contributed by atoms with Gasteiger partial charge in [-0.25, -0.2) is 0 Å². The largest absolute Gasteiger partial charge is 0.355 e. The third kappa shape index (κ3) is 3.53. The quantitative estimate of drug-likeness (QED) is 0.869.